The molecule has 1 N–H and O–H groups in total. The monoisotopic (exact) mass is 358 g/mol. The van der Waals surface area contributed by atoms with Crippen LogP contribution in [0.5, 0.6) is 5.75 Å². The fraction of sp³-hybridized carbons (Fsp3) is 0.316. The minimum absolute atomic E-state index is 0.687. The SMILES string of the molecule is COc1cc(N(C)CCN(C)C)ccc1-c1cc2c(Cl)ccnc2[nH]1. The van der Waals surface area contributed by atoms with Crippen LogP contribution in [0.25, 0.3) is 22.3 Å². The van der Waals surface area contributed by atoms with Crippen molar-refractivity contribution < 1.29 is 4.74 Å². The predicted molar refractivity (Wildman–Crippen MR) is 105 cm³/mol. The highest BCUT2D eigenvalue weighted by Crippen LogP contribution is 2.35. The molecule has 0 saturated heterocycles. The lowest BCUT2D eigenvalue weighted by Crippen LogP contribution is -2.28. The van der Waals surface area contributed by atoms with Crippen LogP contribution < -0.4 is 9.64 Å². The number of halogens is 1. The Bertz CT molecular complexity index is 875. The van der Waals surface area contributed by atoms with Gasteiger partial charge in [0.15, 0.2) is 0 Å². The fourth-order valence-electron chi connectivity index (χ4n) is 2.76. The number of hydrogen-bond donors (Lipinski definition) is 1. The molecule has 25 heavy (non-hydrogen) atoms. The molecule has 2 heterocycles. The summed E-state index contributed by atoms with van der Waals surface area (Å²) in [6.07, 6.45) is 1.70. The largest absolute Gasteiger partial charge is 0.496 e. The maximum absolute atomic E-state index is 6.26. The van der Waals surface area contributed by atoms with E-state index < -0.39 is 0 Å². The number of nitrogens with zero attached hydrogens (tertiary/aromatic N) is 3. The first-order valence-electron chi connectivity index (χ1n) is 8.17. The highest BCUT2D eigenvalue weighted by molar-refractivity contribution is 6.35. The van der Waals surface area contributed by atoms with E-state index in [1.807, 2.05) is 6.07 Å². The van der Waals surface area contributed by atoms with Crippen molar-refractivity contribution in [1.29, 1.82) is 0 Å². The lowest BCUT2D eigenvalue weighted by molar-refractivity contribution is 0.413. The van der Waals surface area contributed by atoms with E-state index in [2.05, 4.69) is 59.1 Å². The summed E-state index contributed by atoms with van der Waals surface area (Å²) in [5, 5.41) is 1.60. The van der Waals surface area contributed by atoms with Crippen LogP contribution in [0, 0.1) is 0 Å². The Morgan fingerprint density at radius 1 is 1.12 bits per heavy atom. The van der Waals surface area contributed by atoms with Crippen LogP contribution in [0.3, 0.4) is 0 Å². The van der Waals surface area contributed by atoms with E-state index in [1.165, 1.54) is 0 Å². The third-order valence-electron chi connectivity index (χ3n) is 4.28. The second kappa shape index (κ2) is 7.33. The first-order chi connectivity index (χ1) is 12.0. The summed E-state index contributed by atoms with van der Waals surface area (Å²) in [6.45, 7) is 1.94. The van der Waals surface area contributed by atoms with E-state index in [1.54, 1.807) is 19.4 Å². The number of benzene rings is 1. The smallest absolute Gasteiger partial charge is 0.139 e. The Balaban J connectivity index is 1.94. The number of pyridine rings is 1. The van der Waals surface area contributed by atoms with Crippen LogP contribution in [0.1, 0.15) is 0 Å². The molecule has 0 spiro atoms. The maximum Gasteiger partial charge on any atom is 0.139 e. The number of hydrogen-bond acceptors (Lipinski definition) is 4. The van der Waals surface area contributed by atoms with Gasteiger partial charge in [0.05, 0.1) is 17.8 Å². The fourth-order valence-corrected chi connectivity index (χ4v) is 2.96. The molecule has 0 aliphatic carbocycles. The van der Waals surface area contributed by atoms with Crippen LogP contribution in [0.15, 0.2) is 36.5 Å². The zero-order valence-corrected chi connectivity index (χ0v) is 15.8. The summed E-state index contributed by atoms with van der Waals surface area (Å²) in [6, 6.07) is 10.0. The van der Waals surface area contributed by atoms with Gasteiger partial charge in [-0.1, -0.05) is 11.6 Å². The number of H-pyrrole nitrogens is 1. The topological polar surface area (TPSA) is 44.4 Å². The average Bonchev–Trinajstić information content (AvgIpc) is 3.04. The molecule has 0 aliphatic rings. The van der Waals surface area contributed by atoms with E-state index in [9.17, 15) is 0 Å². The predicted octanol–water partition coefficient (Wildman–Crippen LogP) is 3.89. The van der Waals surface area contributed by atoms with Crippen molar-refractivity contribution in [3.05, 3.63) is 41.6 Å². The number of nitrogens with one attached hydrogen (secondary N) is 1. The molecular formula is C19H23ClN4O. The molecule has 3 rings (SSSR count). The summed E-state index contributed by atoms with van der Waals surface area (Å²) in [5.74, 6) is 0.817. The van der Waals surface area contributed by atoms with Crippen molar-refractivity contribution in [1.82, 2.24) is 14.9 Å². The van der Waals surface area contributed by atoms with Crippen molar-refractivity contribution in [2.75, 3.05) is 46.2 Å². The van der Waals surface area contributed by atoms with Gasteiger partial charge in [0.1, 0.15) is 11.4 Å². The van der Waals surface area contributed by atoms with Gasteiger partial charge in [0.2, 0.25) is 0 Å². The van der Waals surface area contributed by atoms with Gasteiger partial charge in [-0.15, -0.1) is 0 Å². The minimum Gasteiger partial charge on any atom is -0.496 e. The van der Waals surface area contributed by atoms with E-state index >= 15 is 0 Å². The van der Waals surface area contributed by atoms with E-state index in [4.69, 9.17) is 16.3 Å². The molecule has 132 valence electrons. The molecule has 0 bridgehead atoms. The van der Waals surface area contributed by atoms with Crippen molar-refractivity contribution in [3.8, 4) is 17.0 Å². The number of rotatable bonds is 6. The molecule has 0 fully saturated rings. The van der Waals surface area contributed by atoms with Crippen LogP contribution in [0.4, 0.5) is 5.69 Å². The maximum atomic E-state index is 6.26. The molecule has 5 nitrogen and oxygen atoms in total. The second-order valence-corrected chi connectivity index (χ2v) is 6.75. The molecular weight excluding hydrogens is 336 g/mol. The first kappa shape index (κ1) is 17.6. The van der Waals surface area contributed by atoms with E-state index in [0.29, 0.717) is 5.02 Å². The van der Waals surface area contributed by atoms with Crippen LogP contribution >= 0.6 is 11.6 Å². The lowest BCUT2D eigenvalue weighted by Gasteiger charge is -2.22. The summed E-state index contributed by atoms with van der Waals surface area (Å²) in [7, 11) is 7.93. The van der Waals surface area contributed by atoms with Gasteiger partial charge in [-0.3, -0.25) is 0 Å². The summed E-state index contributed by atoms with van der Waals surface area (Å²) < 4.78 is 5.63. The van der Waals surface area contributed by atoms with Gasteiger partial charge < -0.3 is 19.5 Å². The zero-order chi connectivity index (χ0) is 18.0. The van der Waals surface area contributed by atoms with Crippen LogP contribution in [-0.4, -0.2) is 56.2 Å². The Kier molecular flexibility index (Phi) is 5.16. The van der Waals surface area contributed by atoms with Gasteiger partial charge in [0.25, 0.3) is 0 Å². The Morgan fingerprint density at radius 2 is 1.92 bits per heavy atom. The molecule has 0 radical (unpaired) electrons. The third kappa shape index (κ3) is 3.72. The van der Waals surface area contributed by atoms with Crippen molar-refractivity contribution in [2.45, 2.75) is 0 Å². The van der Waals surface area contributed by atoms with Gasteiger partial charge in [-0.25, -0.2) is 4.98 Å². The van der Waals surface area contributed by atoms with E-state index in [0.717, 1.165) is 46.8 Å². The second-order valence-electron chi connectivity index (χ2n) is 6.35. The Morgan fingerprint density at radius 3 is 2.60 bits per heavy atom. The molecule has 0 aliphatic heterocycles. The molecule has 0 unspecified atom stereocenters. The molecule has 1 aromatic carbocycles. The van der Waals surface area contributed by atoms with Crippen LogP contribution in [-0.2, 0) is 0 Å². The van der Waals surface area contributed by atoms with Crippen molar-refractivity contribution in [2.24, 2.45) is 0 Å². The van der Waals surface area contributed by atoms with Gasteiger partial charge in [-0.05, 0) is 38.4 Å². The number of likely N-dealkylation sites (N-methyl/N-ethyl adjacent to an activating group) is 2. The summed E-state index contributed by atoms with van der Waals surface area (Å²) >= 11 is 6.26. The van der Waals surface area contributed by atoms with Crippen molar-refractivity contribution in [3.63, 3.8) is 0 Å². The molecule has 0 atom stereocenters. The number of fused-ring (bicyclic) bond motifs is 1. The number of aromatic nitrogens is 2. The van der Waals surface area contributed by atoms with Gasteiger partial charge in [0, 0.05) is 49.0 Å². The Hall–Kier alpha value is -2.24. The summed E-state index contributed by atoms with van der Waals surface area (Å²) in [5.41, 5.74) is 3.82. The average molecular weight is 359 g/mol. The molecule has 3 aromatic rings. The van der Waals surface area contributed by atoms with Gasteiger partial charge >= 0.3 is 0 Å². The molecule has 0 saturated carbocycles. The highest BCUT2D eigenvalue weighted by atomic mass is 35.5. The van der Waals surface area contributed by atoms with Gasteiger partial charge in [-0.2, -0.15) is 0 Å². The number of aromatic amines is 1. The first-order valence-corrected chi connectivity index (χ1v) is 8.55. The van der Waals surface area contributed by atoms with Crippen LogP contribution in [0.2, 0.25) is 5.02 Å². The molecule has 0 amide bonds. The third-order valence-corrected chi connectivity index (χ3v) is 4.61. The summed E-state index contributed by atoms with van der Waals surface area (Å²) in [4.78, 5) is 12.0. The minimum atomic E-state index is 0.687. The number of anilines is 1. The Labute approximate surface area is 153 Å². The highest BCUT2D eigenvalue weighted by Gasteiger charge is 2.13. The molecule has 2 aromatic heterocycles. The van der Waals surface area contributed by atoms with Crippen molar-refractivity contribution >= 4 is 28.3 Å². The molecule has 6 heteroatoms. The quantitative estimate of drug-likeness (QED) is 0.726. The zero-order valence-electron chi connectivity index (χ0n) is 15.0. The number of ether oxygens (including phenoxy) is 1. The normalized spacial score (nSPS) is 11.3. The number of methoxy groups -OCH3 is 1. The standard InChI is InChI=1S/C19H23ClN4O/c1-23(2)9-10-24(3)13-5-6-14(18(11-13)25-4)17-12-15-16(20)7-8-21-19(15)22-17/h5-8,11-12H,9-10H2,1-4H3,(H,21,22). The lowest BCUT2D eigenvalue weighted by atomic mass is 10.1. The van der Waals surface area contributed by atoms with E-state index in [-0.39, 0.29) is 0 Å².